The van der Waals surface area contributed by atoms with E-state index in [2.05, 4.69) is 22.5 Å². The molecule has 1 aromatic heterocycles. The van der Waals surface area contributed by atoms with Crippen LogP contribution in [0.2, 0.25) is 0 Å². The van der Waals surface area contributed by atoms with Crippen molar-refractivity contribution < 1.29 is 29.0 Å². The zero-order valence-electron chi connectivity index (χ0n) is 19.6. The van der Waals surface area contributed by atoms with Crippen molar-refractivity contribution in [3.05, 3.63) is 35.5 Å². The number of nitrogens with zero attached hydrogens (tertiary/aromatic N) is 4. The van der Waals surface area contributed by atoms with Gasteiger partial charge in [0.15, 0.2) is 5.82 Å². The second kappa shape index (κ2) is 10.6. The highest BCUT2D eigenvalue weighted by Crippen LogP contribution is 2.33. The second-order valence-electron chi connectivity index (χ2n) is 8.25. The van der Waals surface area contributed by atoms with Gasteiger partial charge in [-0.25, -0.2) is 19.6 Å². The largest absolute Gasteiger partial charge is 0.480 e. The summed E-state index contributed by atoms with van der Waals surface area (Å²) in [6.45, 7) is 6.22. The molecule has 186 valence electrons. The average molecular weight is 485 g/mol. The van der Waals surface area contributed by atoms with Gasteiger partial charge in [0, 0.05) is 23.4 Å². The Morgan fingerprint density at radius 3 is 2.66 bits per heavy atom. The average Bonchev–Trinajstić information content (AvgIpc) is 3.28. The third kappa shape index (κ3) is 5.60. The summed E-state index contributed by atoms with van der Waals surface area (Å²) in [6.07, 6.45) is -0.385. The number of carboxylic acid groups (broad SMARTS) is 1. The predicted molar refractivity (Wildman–Crippen MR) is 126 cm³/mol. The van der Waals surface area contributed by atoms with Gasteiger partial charge in [-0.3, -0.25) is 9.69 Å². The lowest BCUT2D eigenvalue weighted by molar-refractivity contribution is -0.135. The summed E-state index contributed by atoms with van der Waals surface area (Å²) in [5.41, 5.74) is 2.91. The van der Waals surface area contributed by atoms with Crippen LogP contribution in [0.1, 0.15) is 25.1 Å². The smallest absolute Gasteiger partial charge is 0.410 e. The summed E-state index contributed by atoms with van der Waals surface area (Å²) in [5, 5.41) is 13.5. The highest BCUT2D eigenvalue weighted by Gasteiger charge is 2.33. The van der Waals surface area contributed by atoms with E-state index >= 15 is 0 Å². The number of carbonyl (C=O) groups is 3. The van der Waals surface area contributed by atoms with Crippen molar-refractivity contribution >= 4 is 29.6 Å². The fourth-order valence-corrected chi connectivity index (χ4v) is 4.02. The minimum absolute atomic E-state index is 0.114. The van der Waals surface area contributed by atoms with Gasteiger partial charge >= 0.3 is 18.1 Å². The number of hydrogen-bond donors (Lipinski definition) is 3. The molecule has 2 aliphatic rings. The minimum atomic E-state index is -1.13. The number of carbonyl (C=O) groups excluding carboxylic acids is 2. The van der Waals surface area contributed by atoms with Gasteiger partial charge < -0.3 is 30.1 Å². The number of aromatic nitrogens is 2. The third-order valence-corrected chi connectivity index (χ3v) is 5.73. The monoisotopic (exact) mass is 484 g/mol. The molecule has 1 saturated heterocycles. The van der Waals surface area contributed by atoms with Crippen molar-refractivity contribution in [2.75, 3.05) is 43.1 Å². The molecule has 0 spiro atoms. The topological polar surface area (TPSA) is 146 Å². The molecule has 35 heavy (non-hydrogen) atoms. The number of benzene rings is 1. The van der Waals surface area contributed by atoms with Crippen molar-refractivity contribution in [1.82, 2.24) is 20.2 Å². The minimum Gasteiger partial charge on any atom is -0.480 e. The summed E-state index contributed by atoms with van der Waals surface area (Å²) >= 11 is 0. The van der Waals surface area contributed by atoms with Crippen LogP contribution in [-0.4, -0.2) is 77.0 Å². The van der Waals surface area contributed by atoms with Crippen LogP contribution in [0, 0.1) is 0 Å². The molecule has 0 saturated carbocycles. The summed E-state index contributed by atoms with van der Waals surface area (Å²) in [6, 6.07) is 6.43. The molecule has 2 aromatic rings. The number of fused-ring (bicyclic) bond motifs is 1. The first-order chi connectivity index (χ1) is 16.9. The predicted octanol–water partition coefficient (Wildman–Crippen LogP) is 2.05. The lowest BCUT2D eigenvalue weighted by atomic mass is 10.1. The number of urea groups is 1. The van der Waals surface area contributed by atoms with Gasteiger partial charge in [-0.1, -0.05) is 0 Å². The Balaban J connectivity index is 1.60. The molecule has 0 aliphatic carbocycles. The number of ether oxygens (including phenoxy) is 2. The van der Waals surface area contributed by atoms with Crippen LogP contribution in [0.5, 0.6) is 0 Å². The van der Waals surface area contributed by atoms with Gasteiger partial charge in [-0.2, -0.15) is 0 Å². The van der Waals surface area contributed by atoms with Gasteiger partial charge in [-0.05, 0) is 38.1 Å². The fraction of sp³-hybridized carbons (Fsp3) is 0.435. The van der Waals surface area contributed by atoms with Crippen LogP contribution in [0.25, 0.3) is 11.4 Å². The van der Waals surface area contributed by atoms with Gasteiger partial charge in [-0.15, -0.1) is 0 Å². The Morgan fingerprint density at radius 1 is 1.20 bits per heavy atom. The maximum atomic E-state index is 12.4. The van der Waals surface area contributed by atoms with Crippen molar-refractivity contribution in [3.63, 3.8) is 0 Å². The standard InChI is InChI=1S/C23H28N6O6/c1-3-35-23(33)28-11-17-18(12-28)26-20(27-21(17)29-8-9-34-13-14(29)2)15-4-6-16(7-5-15)25-22(32)24-10-19(30)31/h4-7,14H,3,8-13H2,1-2H3,(H,30,31)(H2,24,25,32)/t14-/m0/s1. The van der Waals surface area contributed by atoms with Crippen LogP contribution in [0.4, 0.5) is 21.1 Å². The van der Waals surface area contributed by atoms with Gasteiger partial charge in [0.05, 0.1) is 44.6 Å². The third-order valence-electron chi connectivity index (χ3n) is 5.73. The first-order valence-corrected chi connectivity index (χ1v) is 11.4. The maximum absolute atomic E-state index is 12.4. The Hall–Kier alpha value is -3.93. The van der Waals surface area contributed by atoms with Gasteiger partial charge in [0.2, 0.25) is 0 Å². The lowest BCUT2D eigenvalue weighted by Crippen LogP contribution is -2.44. The molecule has 1 fully saturated rings. The lowest BCUT2D eigenvalue weighted by Gasteiger charge is -2.35. The van der Waals surface area contributed by atoms with E-state index in [9.17, 15) is 14.4 Å². The molecule has 0 radical (unpaired) electrons. The molecule has 1 aromatic carbocycles. The molecule has 3 heterocycles. The van der Waals surface area contributed by atoms with Gasteiger partial charge in [0.1, 0.15) is 12.4 Å². The Morgan fingerprint density at radius 2 is 1.97 bits per heavy atom. The molecule has 3 amide bonds. The Kier molecular flexibility index (Phi) is 7.30. The first kappa shape index (κ1) is 24.2. The highest BCUT2D eigenvalue weighted by molar-refractivity contribution is 5.91. The van der Waals surface area contributed by atoms with Crippen molar-refractivity contribution in [2.24, 2.45) is 0 Å². The number of morpholine rings is 1. The highest BCUT2D eigenvalue weighted by atomic mass is 16.6. The van der Waals surface area contributed by atoms with Crippen LogP contribution in [-0.2, 0) is 27.4 Å². The van der Waals surface area contributed by atoms with E-state index in [0.717, 1.165) is 22.6 Å². The molecule has 12 heteroatoms. The summed E-state index contributed by atoms with van der Waals surface area (Å²) in [4.78, 5) is 48.2. The Bertz CT molecular complexity index is 1110. The number of nitrogens with one attached hydrogen (secondary N) is 2. The van der Waals surface area contributed by atoms with Crippen LogP contribution in [0.3, 0.4) is 0 Å². The zero-order valence-corrected chi connectivity index (χ0v) is 19.6. The summed E-state index contributed by atoms with van der Waals surface area (Å²) in [7, 11) is 0. The molecular formula is C23H28N6O6. The zero-order chi connectivity index (χ0) is 24.9. The maximum Gasteiger partial charge on any atom is 0.410 e. The van der Waals surface area contributed by atoms with Crippen molar-refractivity contribution in [3.8, 4) is 11.4 Å². The molecule has 0 bridgehead atoms. The fourth-order valence-electron chi connectivity index (χ4n) is 4.02. The van der Waals surface area contributed by atoms with Crippen molar-refractivity contribution in [1.29, 1.82) is 0 Å². The molecular weight excluding hydrogens is 456 g/mol. The summed E-state index contributed by atoms with van der Waals surface area (Å²) in [5.74, 6) is 0.157. The van der Waals surface area contributed by atoms with E-state index in [-0.39, 0.29) is 12.1 Å². The normalized spacial score (nSPS) is 17.0. The van der Waals surface area contributed by atoms with E-state index < -0.39 is 18.5 Å². The molecule has 12 nitrogen and oxygen atoms in total. The number of carboxylic acids is 1. The Labute approximate surface area is 202 Å². The molecule has 2 aliphatic heterocycles. The number of rotatable bonds is 6. The van der Waals surface area contributed by atoms with E-state index in [0.29, 0.717) is 51.0 Å². The van der Waals surface area contributed by atoms with Crippen molar-refractivity contribution in [2.45, 2.75) is 33.0 Å². The quantitative estimate of drug-likeness (QED) is 0.560. The summed E-state index contributed by atoms with van der Waals surface area (Å²) < 4.78 is 10.8. The molecule has 1 atom stereocenters. The molecule has 4 rings (SSSR count). The molecule has 3 N–H and O–H groups in total. The second-order valence-corrected chi connectivity index (χ2v) is 8.25. The number of hydrogen-bond acceptors (Lipinski definition) is 8. The number of amides is 3. The van der Waals surface area contributed by atoms with Crippen LogP contribution >= 0.6 is 0 Å². The van der Waals surface area contributed by atoms with E-state index in [1.54, 1.807) is 36.1 Å². The molecule has 0 unspecified atom stereocenters. The number of aliphatic carboxylic acids is 1. The van der Waals surface area contributed by atoms with E-state index in [4.69, 9.17) is 24.5 Å². The van der Waals surface area contributed by atoms with Crippen LogP contribution < -0.4 is 15.5 Å². The van der Waals surface area contributed by atoms with E-state index in [1.165, 1.54) is 0 Å². The SMILES string of the molecule is CCOC(=O)N1Cc2nc(-c3ccc(NC(=O)NCC(=O)O)cc3)nc(N3CCOC[C@@H]3C)c2C1. The van der Waals surface area contributed by atoms with Crippen LogP contribution in [0.15, 0.2) is 24.3 Å². The number of anilines is 2. The first-order valence-electron chi connectivity index (χ1n) is 11.4. The van der Waals surface area contributed by atoms with E-state index in [1.807, 2.05) is 0 Å². The van der Waals surface area contributed by atoms with Gasteiger partial charge in [0.25, 0.3) is 0 Å².